The fourth-order valence-electron chi connectivity index (χ4n) is 1.33. The number of hydrogen-bond donors (Lipinski definition) is 0. The summed E-state index contributed by atoms with van der Waals surface area (Å²) in [6.07, 6.45) is 7.02. The van der Waals surface area contributed by atoms with Crippen molar-refractivity contribution in [3.05, 3.63) is 23.3 Å². The van der Waals surface area contributed by atoms with E-state index in [4.69, 9.17) is 0 Å². The minimum Gasteiger partial charge on any atom is -0.466 e. The Hall–Kier alpha value is -1.05. The lowest BCUT2D eigenvalue weighted by Gasteiger charge is -2.12. The highest BCUT2D eigenvalue weighted by Gasteiger charge is 2.07. The van der Waals surface area contributed by atoms with Gasteiger partial charge >= 0.3 is 5.97 Å². The summed E-state index contributed by atoms with van der Waals surface area (Å²) in [7, 11) is 1.40. The molecule has 0 fully saturated rings. The number of hydrogen-bond acceptors (Lipinski definition) is 2. The van der Waals surface area contributed by atoms with Crippen molar-refractivity contribution in [1.29, 1.82) is 0 Å². The standard InChI is InChI=1S/C10H14O2/c1-8-5-3-4-6-9(8)7-10(11)12-2/h5,7H,3-4,6H2,1-2H3/b9-7-. The molecule has 0 aromatic rings. The van der Waals surface area contributed by atoms with E-state index >= 15 is 0 Å². The van der Waals surface area contributed by atoms with Crippen LogP contribution in [0.2, 0.25) is 0 Å². The lowest BCUT2D eigenvalue weighted by atomic mass is 9.94. The van der Waals surface area contributed by atoms with Gasteiger partial charge < -0.3 is 4.74 Å². The second kappa shape index (κ2) is 4.10. The number of esters is 1. The minimum atomic E-state index is -0.250. The fraction of sp³-hybridized carbons (Fsp3) is 0.500. The van der Waals surface area contributed by atoms with E-state index in [9.17, 15) is 4.79 Å². The van der Waals surface area contributed by atoms with E-state index in [2.05, 4.69) is 10.8 Å². The number of carbonyl (C=O) groups excluding carboxylic acids is 1. The molecule has 0 heterocycles. The third-order valence-corrected chi connectivity index (χ3v) is 2.10. The van der Waals surface area contributed by atoms with E-state index in [1.54, 1.807) is 6.08 Å². The summed E-state index contributed by atoms with van der Waals surface area (Å²) in [5.74, 6) is -0.250. The van der Waals surface area contributed by atoms with Crippen molar-refractivity contribution in [1.82, 2.24) is 0 Å². The SMILES string of the molecule is COC(=O)/C=C1/CCCC=C1C. The molecule has 0 radical (unpaired) electrons. The molecule has 0 unspecified atom stereocenters. The first kappa shape index (κ1) is 9.04. The van der Waals surface area contributed by atoms with Crippen LogP contribution in [0.4, 0.5) is 0 Å². The normalized spacial score (nSPS) is 20.5. The maximum Gasteiger partial charge on any atom is 0.330 e. The van der Waals surface area contributed by atoms with Crippen LogP contribution in [-0.4, -0.2) is 13.1 Å². The predicted molar refractivity (Wildman–Crippen MR) is 47.7 cm³/mol. The van der Waals surface area contributed by atoms with Crippen molar-refractivity contribution in [2.45, 2.75) is 26.2 Å². The monoisotopic (exact) mass is 166 g/mol. The summed E-state index contributed by atoms with van der Waals surface area (Å²) in [6, 6.07) is 0. The van der Waals surface area contributed by atoms with E-state index in [-0.39, 0.29) is 5.97 Å². The Bertz CT molecular complexity index is 236. The van der Waals surface area contributed by atoms with Crippen LogP contribution in [0.5, 0.6) is 0 Å². The van der Waals surface area contributed by atoms with Gasteiger partial charge in [0, 0.05) is 6.08 Å². The Morgan fingerprint density at radius 1 is 1.67 bits per heavy atom. The average Bonchev–Trinajstić information content (AvgIpc) is 2.09. The Balaban J connectivity index is 2.73. The second-order valence-corrected chi connectivity index (χ2v) is 2.97. The summed E-state index contributed by atoms with van der Waals surface area (Å²) in [5.41, 5.74) is 2.33. The average molecular weight is 166 g/mol. The number of methoxy groups -OCH3 is 1. The molecule has 0 N–H and O–H groups in total. The molecule has 0 bridgehead atoms. The molecule has 12 heavy (non-hydrogen) atoms. The highest BCUT2D eigenvalue weighted by molar-refractivity contribution is 5.83. The van der Waals surface area contributed by atoms with Crippen molar-refractivity contribution < 1.29 is 9.53 Å². The van der Waals surface area contributed by atoms with Gasteiger partial charge in [0.2, 0.25) is 0 Å². The van der Waals surface area contributed by atoms with E-state index < -0.39 is 0 Å². The van der Waals surface area contributed by atoms with E-state index in [1.807, 2.05) is 6.92 Å². The zero-order chi connectivity index (χ0) is 8.97. The van der Waals surface area contributed by atoms with Gasteiger partial charge in [0.05, 0.1) is 7.11 Å². The van der Waals surface area contributed by atoms with Crippen LogP contribution in [0.25, 0.3) is 0 Å². The molecule has 1 aliphatic rings. The highest BCUT2D eigenvalue weighted by atomic mass is 16.5. The summed E-state index contributed by atoms with van der Waals surface area (Å²) in [6.45, 7) is 2.04. The van der Waals surface area contributed by atoms with Gasteiger partial charge in [-0.15, -0.1) is 0 Å². The van der Waals surface area contributed by atoms with Crippen LogP contribution in [0.1, 0.15) is 26.2 Å². The first-order valence-electron chi connectivity index (χ1n) is 4.19. The van der Waals surface area contributed by atoms with Crippen molar-refractivity contribution in [3.63, 3.8) is 0 Å². The molecule has 0 aromatic heterocycles. The van der Waals surface area contributed by atoms with Gasteiger partial charge in [0.25, 0.3) is 0 Å². The second-order valence-electron chi connectivity index (χ2n) is 2.97. The topological polar surface area (TPSA) is 26.3 Å². The molecule has 0 aromatic carbocycles. The zero-order valence-corrected chi connectivity index (χ0v) is 7.59. The van der Waals surface area contributed by atoms with Crippen LogP contribution in [0.15, 0.2) is 23.3 Å². The van der Waals surface area contributed by atoms with E-state index in [0.717, 1.165) is 24.8 Å². The Kier molecular flexibility index (Phi) is 3.09. The Morgan fingerprint density at radius 3 is 3.00 bits per heavy atom. The summed E-state index contributed by atoms with van der Waals surface area (Å²) >= 11 is 0. The number of rotatable bonds is 1. The largest absolute Gasteiger partial charge is 0.466 e. The molecule has 0 saturated heterocycles. The molecule has 0 aliphatic heterocycles. The summed E-state index contributed by atoms with van der Waals surface area (Å²) in [4.78, 5) is 10.9. The van der Waals surface area contributed by atoms with Crippen molar-refractivity contribution in [2.75, 3.05) is 7.11 Å². The molecule has 1 aliphatic carbocycles. The van der Waals surface area contributed by atoms with Gasteiger partial charge in [0.15, 0.2) is 0 Å². The molecule has 0 spiro atoms. The number of allylic oxidation sites excluding steroid dienone is 3. The molecule has 1 rings (SSSR count). The molecule has 0 atom stereocenters. The van der Waals surface area contributed by atoms with Gasteiger partial charge in [-0.05, 0) is 31.8 Å². The third kappa shape index (κ3) is 2.22. The quantitative estimate of drug-likeness (QED) is 0.441. The van der Waals surface area contributed by atoms with Crippen molar-refractivity contribution in [3.8, 4) is 0 Å². The minimum absolute atomic E-state index is 0.250. The Labute approximate surface area is 72.9 Å². The zero-order valence-electron chi connectivity index (χ0n) is 7.59. The van der Waals surface area contributed by atoms with Gasteiger partial charge in [-0.1, -0.05) is 11.6 Å². The molecular formula is C10H14O2. The fourth-order valence-corrected chi connectivity index (χ4v) is 1.33. The third-order valence-electron chi connectivity index (χ3n) is 2.10. The molecule has 2 nitrogen and oxygen atoms in total. The predicted octanol–water partition coefficient (Wildman–Crippen LogP) is 2.22. The van der Waals surface area contributed by atoms with Gasteiger partial charge in [-0.2, -0.15) is 0 Å². The van der Waals surface area contributed by atoms with Gasteiger partial charge in [0.1, 0.15) is 0 Å². The highest BCUT2D eigenvalue weighted by Crippen LogP contribution is 2.22. The first-order chi connectivity index (χ1) is 5.74. The van der Waals surface area contributed by atoms with Crippen LogP contribution in [-0.2, 0) is 9.53 Å². The van der Waals surface area contributed by atoms with Crippen molar-refractivity contribution in [2.24, 2.45) is 0 Å². The number of carbonyl (C=O) groups is 1. The molecule has 2 heteroatoms. The molecular weight excluding hydrogens is 152 g/mol. The van der Waals surface area contributed by atoms with E-state index in [1.165, 1.54) is 12.7 Å². The maximum atomic E-state index is 10.9. The molecule has 0 saturated carbocycles. The lowest BCUT2D eigenvalue weighted by molar-refractivity contribution is -0.134. The number of ether oxygens (including phenoxy) is 1. The smallest absolute Gasteiger partial charge is 0.330 e. The Morgan fingerprint density at radius 2 is 2.42 bits per heavy atom. The van der Waals surface area contributed by atoms with Crippen LogP contribution < -0.4 is 0 Å². The lowest BCUT2D eigenvalue weighted by Crippen LogP contribution is -2.00. The summed E-state index contributed by atoms with van der Waals surface area (Å²) < 4.78 is 4.56. The van der Waals surface area contributed by atoms with E-state index in [0.29, 0.717) is 0 Å². The molecule has 66 valence electrons. The van der Waals surface area contributed by atoms with Crippen LogP contribution in [0.3, 0.4) is 0 Å². The van der Waals surface area contributed by atoms with Crippen molar-refractivity contribution >= 4 is 5.97 Å². The van der Waals surface area contributed by atoms with Crippen LogP contribution in [0, 0.1) is 0 Å². The van der Waals surface area contributed by atoms with Gasteiger partial charge in [-0.25, -0.2) is 4.79 Å². The van der Waals surface area contributed by atoms with Crippen LogP contribution >= 0.6 is 0 Å². The molecule has 0 amide bonds. The first-order valence-corrected chi connectivity index (χ1v) is 4.19. The van der Waals surface area contributed by atoms with Gasteiger partial charge in [-0.3, -0.25) is 0 Å². The summed E-state index contributed by atoms with van der Waals surface area (Å²) in [5, 5.41) is 0. The maximum absolute atomic E-state index is 10.9.